The van der Waals surface area contributed by atoms with Crippen molar-refractivity contribution in [2.75, 3.05) is 32.8 Å². The second-order valence-corrected chi connectivity index (χ2v) is 4.76. The zero-order valence-corrected chi connectivity index (χ0v) is 11.7. The Kier molecular flexibility index (Phi) is 5.60. The van der Waals surface area contributed by atoms with Gasteiger partial charge in [0.1, 0.15) is 19.6 Å². The summed E-state index contributed by atoms with van der Waals surface area (Å²) in [6, 6.07) is 9.61. The van der Waals surface area contributed by atoms with E-state index in [4.69, 9.17) is 9.47 Å². The summed E-state index contributed by atoms with van der Waals surface area (Å²) in [5.74, 6) is 5.89. The number of benzene rings is 1. The Morgan fingerprint density at radius 2 is 2.05 bits per heavy atom. The number of nitrogens with one attached hydrogen (secondary N) is 1. The molecule has 0 aromatic heterocycles. The van der Waals surface area contributed by atoms with Crippen LogP contribution in [0.2, 0.25) is 0 Å². The number of carbonyl (C=O) groups excluding carboxylic acids is 1. The zero-order chi connectivity index (χ0) is 14.2. The molecule has 20 heavy (non-hydrogen) atoms. The molecule has 0 saturated carbocycles. The highest BCUT2D eigenvalue weighted by Crippen LogP contribution is 2.15. The molecule has 0 bridgehead atoms. The predicted molar refractivity (Wildman–Crippen MR) is 75.1 cm³/mol. The largest absolute Gasteiger partial charge is 0.444 e. The highest BCUT2D eigenvalue weighted by Gasteiger charge is 2.13. The molecule has 4 nitrogen and oxygen atoms in total. The molecule has 1 N–H and O–H groups in total. The number of esters is 1. The van der Waals surface area contributed by atoms with Gasteiger partial charge in [0.2, 0.25) is 0 Å². The molecule has 1 unspecified atom stereocenters. The summed E-state index contributed by atoms with van der Waals surface area (Å²) in [5, 5.41) is 0. The number of hydrogen-bond donors (Lipinski definition) is 1. The normalized spacial score (nSPS) is 16.9. The van der Waals surface area contributed by atoms with Gasteiger partial charge in [0.25, 0.3) is 0 Å². The van der Waals surface area contributed by atoms with E-state index >= 15 is 0 Å². The molecule has 0 amide bonds. The Balaban J connectivity index is 1.99. The summed E-state index contributed by atoms with van der Waals surface area (Å²) in [6.45, 7) is 5.72. The summed E-state index contributed by atoms with van der Waals surface area (Å²) >= 11 is 0. The van der Waals surface area contributed by atoms with Crippen LogP contribution >= 0.6 is 0 Å². The van der Waals surface area contributed by atoms with Crippen molar-refractivity contribution >= 4 is 5.97 Å². The van der Waals surface area contributed by atoms with Crippen LogP contribution in [0.4, 0.5) is 0 Å². The maximum atomic E-state index is 11.2. The second kappa shape index (κ2) is 7.68. The average Bonchev–Trinajstić information content (AvgIpc) is 2.48. The van der Waals surface area contributed by atoms with Crippen molar-refractivity contribution in [2.24, 2.45) is 0 Å². The lowest BCUT2D eigenvalue weighted by Gasteiger charge is -2.21. The van der Waals surface area contributed by atoms with Crippen molar-refractivity contribution in [1.29, 1.82) is 0 Å². The Morgan fingerprint density at radius 1 is 1.35 bits per heavy atom. The first kappa shape index (κ1) is 14.6. The maximum absolute atomic E-state index is 11.2. The molecule has 1 aromatic carbocycles. The van der Waals surface area contributed by atoms with Crippen LogP contribution in [0.1, 0.15) is 18.6 Å². The van der Waals surface area contributed by atoms with Crippen molar-refractivity contribution in [3.63, 3.8) is 0 Å². The maximum Gasteiger partial charge on any atom is 0.304 e. The van der Waals surface area contributed by atoms with Crippen LogP contribution in [0.3, 0.4) is 0 Å². The molecule has 106 valence electrons. The average molecular weight is 274 g/mol. The van der Waals surface area contributed by atoms with Crippen molar-refractivity contribution in [2.45, 2.75) is 13.0 Å². The van der Waals surface area contributed by atoms with Crippen LogP contribution < -0.4 is 4.90 Å². The lowest BCUT2D eigenvalue weighted by molar-refractivity contribution is -0.900. The predicted octanol–water partition coefficient (Wildman–Crippen LogP) is 0.209. The van der Waals surface area contributed by atoms with Gasteiger partial charge in [-0.15, -0.1) is 0 Å². The minimum atomic E-state index is -0.478. The minimum Gasteiger partial charge on any atom is -0.444 e. The third-order valence-corrected chi connectivity index (χ3v) is 3.16. The monoisotopic (exact) mass is 274 g/mol. The fourth-order valence-corrected chi connectivity index (χ4v) is 2.08. The molecule has 1 atom stereocenters. The van der Waals surface area contributed by atoms with Crippen LogP contribution in [0.15, 0.2) is 30.3 Å². The highest BCUT2D eigenvalue weighted by molar-refractivity contribution is 5.66. The standard InChI is InChI=1S/C16H19NO3/c1-14(18)20-16(15-6-3-2-4-7-15)8-5-9-17-10-12-19-13-11-17/h2-4,6-7,16H,9-13H2,1H3/p+1. The number of ether oxygens (including phenoxy) is 2. The fourth-order valence-electron chi connectivity index (χ4n) is 2.08. The van der Waals surface area contributed by atoms with Crippen LogP contribution in [0, 0.1) is 11.8 Å². The van der Waals surface area contributed by atoms with E-state index < -0.39 is 6.10 Å². The summed E-state index contributed by atoms with van der Waals surface area (Å²) in [5.41, 5.74) is 0.909. The van der Waals surface area contributed by atoms with E-state index in [1.165, 1.54) is 11.8 Å². The van der Waals surface area contributed by atoms with Gasteiger partial charge in [-0.2, -0.15) is 0 Å². The van der Waals surface area contributed by atoms with Gasteiger partial charge >= 0.3 is 5.97 Å². The molecule has 1 saturated heterocycles. The van der Waals surface area contributed by atoms with E-state index in [9.17, 15) is 4.79 Å². The summed E-state index contributed by atoms with van der Waals surface area (Å²) in [6.07, 6.45) is -0.478. The molecule has 1 aliphatic heterocycles. The molecule has 1 aromatic rings. The first-order valence-corrected chi connectivity index (χ1v) is 6.87. The second-order valence-electron chi connectivity index (χ2n) is 4.76. The molecule has 0 aliphatic carbocycles. The molecule has 1 heterocycles. The molecule has 1 fully saturated rings. The highest BCUT2D eigenvalue weighted by atomic mass is 16.5. The summed E-state index contributed by atoms with van der Waals surface area (Å²) < 4.78 is 10.6. The molecule has 2 rings (SSSR count). The molecule has 1 aliphatic rings. The zero-order valence-electron chi connectivity index (χ0n) is 11.7. The first-order valence-electron chi connectivity index (χ1n) is 6.87. The Hall–Kier alpha value is -1.83. The van der Waals surface area contributed by atoms with Gasteiger partial charge in [-0.1, -0.05) is 30.3 Å². The quantitative estimate of drug-likeness (QED) is 0.633. The fraction of sp³-hybridized carbons (Fsp3) is 0.438. The minimum absolute atomic E-state index is 0.313. The lowest BCUT2D eigenvalue weighted by atomic mass is 10.1. The Labute approximate surface area is 119 Å². The Morgan fingerprint density at radius 3 is 2.70 bits per heavy atom. The van der Waals surface area contributed by atoms with Gasteiger partial charge < -0.3 is 14.4 Å². The van der Waals surface area contributed by atoms with Crippen LogP contribution in [-0.2, 0) is 14.3 Å². The first-order chi connectivity index (χ1) is 9.75. The Bertz CT molecular complexity index is 483. The van der Waals surface area contributed by atoms with E-state index in [1.807, 2.05) is 30.3 Å². The number of carbonyl (C=O) groups is 1. The lowest BCUT2D eigenvalue weighted by Crippen LogP contribution is -3.14. The number of hydrogen-bond acceptors (Lipinski definition) is 3. The van der Waals surface area contributed by atoms with Crippen molar-refractivity contribution in [3.8, 4) is 11.8 Å². The van der Waals surface area contributed by atoms with Crippen molar-refractivity contribution in [1.82, 2.24) is 0 Å². The molecule has 0 spiro atoms. The van der Waals surface area contributed by atoms with E-state index in [1.54, 1.807) is 0 Å². The van der Waals surface area contributed by atoms with Gasteiger partial charge in [0.15, 0.2) is 6.10 Å². The SMILES string of the molecule is CC(=O)OC(C#CC[NH+]1CCOCC1)c1ccccc1. The molecular weight excluding hydrogens is 254 g/mol. The van der Waals surface area contributed by atoms with Gasteiger partial charge in [-0.05, 0) is 11.8 Å². The van der Waals surface area contributed by atoms with Crippen LogP contribution in [-0.4, -0.2) is 38.8 Å². The molecular formula is C16H20NO3+. The van der Waals surface area contributed by atoms with E-state index in [0.29, 0.717) is 0 Å². The van der Waals surface area contributed by atoms with Gasteiger partial charge in [-0.3, -0.25) is 4.79 Å². The summed E-state index contributed by atoms with van der Waals surface area (Å²) in [4.78, 5) is 12.6. The number of rotatable bonds is 3. The van der Waals surface area contributed by atoms with Crippen molar-refractivity contribution in [3.05, 3.63) is 35.9 Å². The van der Waals surface area contributed by atoms with Gasteiger partial charge in [0, 0.05) is 12.5 Å². The van der Waals surface area contributed by atoms with Gasteiger partial charge in [-0.25, -0.2) is 0 Å². The number of quaternary nitrogens is 1. The van der Waals surface area contributed by atoms with E-state index in [2.05, 4.69) is 11.8 Å². The van der Waals surface area contributed by atoms with Crippen molar-refractivity contribution < 1.29 is 19.2 Å². The third kappa shape index (κ3) is 4.69. The van der Waals surface area contributed by atoms with Gasteiger partial charge in [0.05, 0.1) is 13.2 Å². The van der Waals surface area contributed by atoms with E-state index in [0.717, 1.165) is 38.4 Å². The van der Waals surface area contributed by atoms with Crippen LogP contribution in [0.5, 0.6) is 0 Å². The molecule has 4 heteroatoms. The smallest absolute Gasteiger partial charge is 0.304 e. The third-order valence-electron chi connectivity index (χ3n) is 3.16. The topological polar surface area (TPSA) is 40.0 Å². The van der Waals surface area contributed by atoms with Crippen LogP contribution in [0.25, 0.3) is 0 Å². The number of morpholine rings is 1. The molecule has 0 radical (unpaired) electrons. The van der Waals surface area contributed by atoms with E-state index in [-0.39, 0.29) is 5.97 Å². The summed E-state index contributed by atoms with van der Waals surface area (Å²) in [7, 11) is 0.